The minimum atomic E-state index is -1.20. The highest BCUT2D eigenvalue weighted by molar-refractivity contribution is 5.96. The summed E-state index contributed by atoms with van der Waals surface area (Å²) >= 11 is 0. The molecule has 0 aromatic rings. The number of aliphatic carboxylic acids is 1. The van der Waals surface area contributed by atoms with Crippen molar-refractivity contribution >= 4 is 17.9 Å². The monoisotopic (exact) mass is 286 g/mol. The minimum absolute atomic E-state index is 0.260. The minimum Gasteiger partial charge on any atom is -0.481 e. The third kappa shape index (κ3) is 4.80. The van der Waals surface area contributed by atoms with Crippen LogP contribution >= 0.6 is 0 Å². The maximum atomic E-state index is 11.6. The van der Waals surface area contributed by atoms with Gasteiger partial charge in [-0.2, -0.15) is 0 Å². The zero-order valence-corrected chi connectivity index (χ0v) is 12.1. The van der Waals surface area contributed by atoms with Crippen LogP contribution in [0, 0.1) is 5.41 Å². The van der Waals surface area contributed by atoms with E-state index in [0.717, 1.165) is 12.8 Å². The number of carbonyl (C=O) groups excluding carboxylic acids is 2. The number of carboxylic acid groups (broad SMARTS) is 1. The van der Waals surface area contributed by atoms with E-state index in [1.165, 1.54) is 13.8 Å². The van der Waals surface area contributed by atoms with E-state index in [9.17, 15) is 14.4 Å². The molecule has 1 aliphatic heterocycles. The van der Waals surface area contributed by atoms with Crippen molar-refractivity contribution in [1.29, 1.82) is 0 Å². The van der Waals surface area contributed by atoms with Gasteiger partial charge in [-0.1, -0.05) is 0 Å². The fourth-order valence-electron chi connectivity index (χ4n) is 1.94. The number of urea groups is 1. The molecule has 3 amide bonds. The number of hydrogen-bond donors (Lipinski definition) is 3. The van der Waals surface area contributed by atoms with Crippen LogP contribution in [0.2, 0.25) is 0 Å². The highest BCUT2D eigenvalue weighted by atomic mass is 16.5. The zero-order valence-electron chi connectivity index (χ0n) is 12.1. The van der Waals surface area contributed by atoms with Gasteiger partial charge >= 0.3 is 12.0 Å². The highest BCUT2D eigenvalue weighted by Gasteiger charge is 2.32. The molecule has 7 heteroatoms. The molecule has 0 aromatic carbocycles. The van der Waals surface area contributed by atoms with Crippen molar-refractivity contribution in [2.45, 2.75) is 45.6 Å². The van der Waals surface area contributed by atoms with Crippen molar-refractivity contribution in [3.63, 3.8) is 0 Å². The number of rotatable bonds is 5. The molecule has 0 spiro atoms. The Morgan fingerprint density at radius 1 is 1.35 bits per heavy atom. The Kier molecular flexibility index (Phi) is 5.10. The summed E-state index contributed by atoms with van der Waals surface area (Å²) in [5.41, 5.74) is -1.59. The quantitative estimate of drug-likeness (QED) is 0.696. The van der Waals surface area contributed by atoms with Gasteiger partial charge in [0.15, 0.2) is 0 Å². The van der Waals surface area contributed by atoms with Crippen LogP contribution < -0.4 is 10.6 Å². The summed E-state index contributed by atoms with van der Waals surface area (Å²) in [5, 5.41) is 13.6. The SMILES string of the molecule is CC1(CNC(=O)NC(=O)CC(C)(C)C(=O)O)CCCO1. The molecule has 114 valence electrons. The number of hydrogen-bond acceptors (Lipinski definition) is 4. The Hall–Kier alpha value is -1.63. The maximum Gasteiger partial charge on any atom is 0.321 e. The first-order valence-electron chi connectivity index (χ1n) is 6.60. The van der Waals surface area contributed by atoms with Crippen LogP contribution in [0.4, 0.5) is 4.79 Å². The van der Waals surface area contributed by atoms with E-state index in [2.05, 4.69) is 10.6 Å². The van der Waals surface area contributed by atoms with Gasteiger partial charge in [0.05, 0.1) is 11.0 Å². The van der Waals surface area contributed by atoms with Gasteiger partial charge in [-0.3, -0.25) is 14.9 Å². The molecule has 0 aliphatic carbocycles. The van der Waals surface area contributed by atoms with Gasteiger partial charge in [0, 0.05) is 19.6 Å². The van der Waals surface area contributed by atoms with E-state index >= 15 is 0 Å². The summed E-state index contributed by atoms with van der Waals surface area (Å²) in [6.45, 7) is 5.75. The number of imide groups is 1. The smallest absolute Gasteiger partial charge is 0.321 e. The third-order valence-electron chi connectivity index (χ3n) is 3.36. The maximum absolute atomic E-state index is 11.6. The first-order valence-corrected chi connectivity index (χ1v) is 6.60. The standard InChI is InChI=1S/C13H22N2O5/c1-12(2,10(17)18)7-9(16)15-11(19)14-8-13(3)5-4-6-20-13/h4-8H2,1-3H3,(H,17,18)(H2,14,15,16,19). The van der Waals surface area contributed by atoms with E-state index in [-0.39, 0.29) is 12.0 Å². The molecule has 1 rings (SSSR count). The molecule has 1 aliphatic rings. The van der Waals surface area contributed by atoms with Gasteiger partial charge in [-0.25, -0.2) is 4.79 Å². The lowest BCUT2D eigenvalue weighted by molar-refractivity contribution is -0.149. The summed E-state index contributed by atoms with van der Waals surface area (Å²) in [6, 6.07) is -0.632. The van der Waals surface area contributed by atoms with Crippen LogP contribution in [-0.4, -0.2) is 41.8 Å². The number of nitrogens with one attached hydrogen (secondary N) is 2. The van der Waals surface area contributed by atoms with Crippen molar-refractivity contribution < 1.29 is 24.2 Å². The summed E-state index contributed by atoms with van der Waals surface area (Å²) in [6.07, 6.45) is 1.54. The molecule has 0 radical (unpaired) electrons. The van der Waals surface area contributed by atoms with Crippen LogP contribution in [0.3, 0.4) is 0 Å². The van der Waals surface area contributed by atoms with E-state index in [0.29, 0.717) is 13.2 Å². The van der Waals surface area contributed by atoms with E-state index in [4.69, 9.17) is 9.84 Å². The lowest BCUT2D eigenvalue weighted by atomic mass is 9.89. The molecule has 0 bridgehead atoms. The molecular weight excluding hydrogens is 264 g/mol. The summed E-state index contributed by atoms with van der Waals surface area (Å²) in [5.74, 6) is -1.70. The van der Waals surface area contributed by atoms with Crippen molar-refractivity contribution in [3.8, 4) is 0 Å². The van der Waals surface area contributed by atoms with Crippen LogP contribution in [0.1, 0.15) is 40.0 Å². The van der Waals surface area contributed by atoms with Crippen molar-refractivity contribution in [1.82, 2.24) is 10.6 Å². The van der Waals surface area contributed by atoms with Crippen molar-refractivity contribution in [2.75, 3.05) is 13.2 Å². The van der Waals surface area contributed by atoms with Gasteiger partial charge in [0.2, 0.25) is 5.91 Å². The van der Waals surface area contributed by atoms with E-state index in [1.54, 1.807) is 0 Å². The fourth-order valence-corrected chi connectivity index (χ4v) is 1.94. The molecule has 0 saturated carbocycles. The first-order chi connectivity index (χ1) is 9.15. The predicted molar refractivity (Wildman–Crippen MR) is 71.2 cm³/mol. The fraction of sp³-hybridized carbons (Fsp3) is 0.769. The number of amides is 3. The second-order valence-corrected chi connectivity index (χ2v) is 6.00. The van der Waals surface area contributed by atoms with Gasteiger partial charge in [-0.05, 0) is 33.6 Å². The Labute approximate surface area is 118 Å². The molecule has 7 nitrogen and oxygen atoms in total. The Morgan fingerprint density at radius 3 is 2.50 bits per heavy atom. The average molecular weight is 286 g/mol. The van der Waals surface area contributed by atoms with Crippen LogP contribution in [0.5, 0.6) is 0 Å². The average Bonchev–Trinajstić information content (AvgIpc) is 2.73. The second kappa shape index (κ2) is 6.21. The molecule has 1 fully saturated rings. The van der Waals surface area contributed by atoms with Crippen LogP contribution in [0.25, 0.3) is 0 Å². The van der Waals surface area contributed by atoms with Crippen LogP contribution in [-0.2, 0) is 14.3 Å². The summed E-state index contributed by atoms with van der Waals surface area (Å²) in [4.78, 5) is 34.0. The molecule has 1 atom stereocenters. The highest BCUT2D eigenvalue weighted by Crippen LogP contribution is 2.23. The van der Waals surface area contributed by atoms with Gasteiger partial charge in [0.25, 0.3) is 0 Å². The summed E-state index contributed by atoms with van der Waals surface area (Å²) in [7, 11) is 0. The third-order valence-corrected chi connectivity index (χ3v) is 3.36. The predicted octanol–water partition coefficient (Wildman–Crippen LogP) is 0.882. The second-order valence-electron chi connectivity index (χ2n) is 6.00. The molecular formula is C13H22N2O5. The number of carboxylic acids is 1. The normalized spacial score (nSPS) is 22.4. The molecule has 1 unspecified atom stereocenters. The van der Waals surface area contributed by atoms with Crippen molar-refractivity contribution in [2.24, 2.45) is 5.41 Å². The number of ether oxygens (including phenoxy) is 1. The largest absolute Gasteiger partial charge is 0.481 e. The molecule has 0 aromatic heterocycles. The zero-order chi connectivity index (χ0) is 15.4. The Morgan fingerprint density at radius 2 is 2.00 bits per heavy atom. The van der Waals surface area contributed by atoms with Gasteiger partial charge in [-0.15, -0.1) is 0 Å². The number of carbonyl (C=O) groups is 3. The first kappa shape index (κ1) is 16.4. The van der Waals surface area contributed by atoms with Gasteiger partial charge in [0.1, 0.15) is 0 Å². The molecule has 3 N–H and O–H groups in total. The van der Waals surface area contributed by atoms with Gasteiger partial charge < -0.3 is 15.2 Å². The Bertz CT molecular complexity index is 400. The van der Waals surface area contributed by atoms with E-state index < -0.39 is 23.3 Å². The van der Waals surface area contributed by atoms with Crippen molar-refractivity contribution in [3.05, 3.63) is 0 Å². The lowest BCUT2D eigenvalue weighted by Gasteiger charge is -2.23. The lowest BCUT2D eigenvalue weighted by Crippen LogP contribution is -2.47. The topological polar surface area (TPSA) is 105 Å². The summed E-state index contributed by atoms with van der Waals surface area (Å²) < 4.78 is 5.50. The molecule has 1 saturated heterocycles. The molecule has 1 heterocycles. The Balaban J connectivity index is 2.35. The van der Waals surface area contributed by atoms with E-state index in [1.807, 2.05) is 6.92 Å². The van der Waals surface area contributed by atoms with Crippen LogP contribution in [0.15, 0.2) is 0 Å². The molecule has 20 heavy (non-hydrogen) atoms.